The third-order valence-electron chi connectivity index (χ3n) is 1.49. The van der Waals surface area contributed by atoms with Crippen molar-refractivity contribution >= 4 is 11.9 Å². The largest absolute Gasteiger partial charge is 0.478 e. The molecule has 0 heterocycles. The van der Waals surface area contributed by atoms with Crippen LogP contribution in [0.3, 0.4) is 0 Å². The summed E-state index contributed by atoms with van der Waals surface area (Å²) >= 11 is 0. The maximum atomic E-state index is 12.9. The van der Waals surface area contributed by atoms with Gasteiger partial charge in [-0.2, -0.15) is 0 Å². The van der Waals surface area contributed by atoms with Gasteiger partial charge in [0, 0.05) is 0 Å². The van der Waals surface area contributed by atoms with Crippen molar-refractivity contribution in [2.45, 2.75) is 0 Å². The summed E-state index contributed by atoms with van der Waals surface area (Å²) in [5, 5.41) is 8.55. The van der Waals surface area contributed by atoms with E-state index in [1.165, 1.54) is 6.07 Å². The third-order valence-corrected chi connectivity index (χ3v) is 1.49. The second-order valence-electron chi connectivity index (χ2n) is 2.33. The van der Waals surface area contributed by atoms with Crippen LogP contribution in [-0.2, 0) is 0 Å². The Morgan fingerprint density at radius 1 is 1.36 bits per heavy atom. The summed E-state index contributed by atoms with van der Waals surface area (Å²) in [6.07, 6.45) is 0. The van der Waals surface area contributed by atoms with E-state index in [1.807, 2.05) is 0 Å². The molecular weight excluding hydrogens is 191 g/mol. The Hall–Kier alpha value is -1.95. The van der Waals surface area contributed by atoms with Crippen molar-refractivity contribution in [3.05, 3.63) is 35.1 Å². The fourth-order valence-corrected chi connectivity index (χ4v) is 0.947. The summed E-state index contributed by atoms with van der Waals surface area (Å²) in [5.74, 6) is -3.44. The van der Waals surface area contributed by atoms with Crippen LogP contribution in [0.1, 0.15) is 20.7 Å². The Balaban J connectivity index is 0.00000169. The van der Waals surface area contributed by atoms with Crippen LogP contribution in [0.2, 0.25) is 0 Å². The van der Waals surface area contributed by atoms with Gasteiger partial charge in [-0.05, 0) is 12.1 Å². The third kappa shape index (κ3) is 2.05. The second-order valence-corrected chi connectivity index (χ2v) is 2.33. The van der Waals surface area contributed by atoms with Crippen molar-refractivity contribution in [3.8, 4) is 0 Å². The zero-order valence-electron chi connectivity index (χ0n) is 7.16. The van der Waals surface area contributed by atoms with E-state index in [2.05, 4.69) is 0 Å². The number of carbonyl (C=O) groups excluding carboxylic acids is 1. The number of hydrogen-bond donors (Lipinski definition) is 3. The zero-order valence-corrected chi connectivity index (χ0v) is 7.16. The standard InChI is InChI=1S/C8H6FNO3.H3N/c9-5-3-1-2-4(7(10)11)6(5)8(12)13;/h1-3H,(H2,10,11)(H,12,13);1H3. The Bertz CT molecular complexity index is 379. The first-order valence-corrected chi connectivity index (χ1v) is 3.35. The van der Waals surface area contributed by atoms with E-state index < -0.39 is 23.3 Å². The summed E-state index contributed by atoms with van der Waals surface area (Å²) in [7, 11) is 0. The van der Waals surface area contributed by atoms with Crippen LogP contribution in [0, 0.1) is 5.82 Å². The van der Waals surface area contributed by atoms with Crippen molar-refractivity contribution in [1.82, 2.24) is 6.15 Å². The molecule has 0 radical (unpaired) electrons. The minimum atomic E-state index is -1.51. The minimum Gasteiger partial charge on any atom is -0.478 e. The normalized spacial score (nSPS) is 8.93. The molecule has 6 heteroatoms. The van der Waals surface area contributed by atoms with Gasteiger partial charge in [0.1, 0.15) is 11.4 Å². The van der Waals surface area contributed by atoms with Crippen LogP contribution in [0.15, 0.2) is 18.2 Å². The van der Waals surface area contributed by atoms with E-state index in [0.29, 0.717) is 0 Å². The van der Waals surface area contributed by atoms with Crippen molar-refractivity contribution in [2.24, 2.45) is 5.73 Å². The molecule has 5 nitrogen and oxygen atoms in total. The number of halogens is 1. The van der Waals surface area contributed by atoms with Gasteiger partial charge in [-0.3, -0.25) is 4.79 Å². The quantitative estimate of drug-likeness (QED) is 0.654. The van der Waals surface area contributed by atoms with Gasteiger partial charge in [-0.1, -0.05) is 6.07 Å². The smallest absolute Gasteiger partial charge is 0.339 e. The van der Waals surface area contributed by atoms with Crippen LogP contribution in [-0.4, -0.2) is 17.0 Å². The lowest BCUT2D eigenvalue weighted by atomic mass is 10.1. The Morgan fingerprint density at radius 3 is 2.29 bits per heavy atom. The van der Waals surface area contributed by atoms with Crippen LogP contribution in [0.25, 0.3) is 0 Å². The summed E-state index contributed by atoms with van der Waals surface area (Å²) in [6, 6.07) is 3.34. The maximum absolute atomic E-state index is 12.9. The molecule has 0 fully saturated rings. The first kappa shape index (κ1) is 12.0. The molecule has 76 valence electrons. The molecule has 1 amide bonds. The molecule has 1 rings (SSSR count). The van der Waals surface area contributed by atoms with Crippen molar-refractivity contribution in [2.75, 3.05) is 0 Å². The number of benzene rings is 1. The van der Waals surface area contributed by atoms with Crippen LogP contribution < -0.4 is 11.9 Å². The molecule has 1 aromatic carbocycles. The number of hydrogen-bond acceptors (Lipinski definition) is 3. The zero-order chi connectivity index (χ0) is 10.0. The highest BCUT2D eigenvalue weighted by Crippen LogP contribution is 2.12. The topological polar surface area (TPSA) is 115 Å². The van der Waals surface area contributed by atoms with Crippen LogP contribution in [0.5, 0.6) is 0 Å². The SMILES string of the molecule is N.NC(=O)c1cccc(F)c1C(=O)O. The van der Waals surface area contributed by atoms with E-state index in [4.69, 9.17) is 10.8 Å². The monoisotopic (exact) mass is 200 g/mol. The minimum absolute atomic E-state index is 0. The van der Waals surface area contributed by atoms with Gasteiger partial charge in [0.2, 0.25) is 5.91 Å². The van der Waals surface area contributed by atoms with Crippen molar-refractivity contribution in [3.63, 3.8) is 0 Å². The molecule has 0 saturated heterocycles. The molecule has 0 atom stereocenters. The van der Waals surface area contributed by atoms with Gasteiger partial charge in [0.15, 0.2) is 0 Å². The Labute approximate surface area is 78.9 Å². The number of nitrogens with two attached hydrogens (primary N) is 1. The second kappa shape index (κ2) is 4.33. The average Bonchev–Trinajstić information content (AvgIpc) is 2.02. The van der Waals surface area contributed by atoms with E-state index >= 15 is 0 Å². The number of primary amides is 1. The molecular formula is C8H9FN2O3. The fourth-order valence-electron chi connectivity index (χ4n) is 0.947. The lowest BCUT2D eigenvalue weighted by molar-refractivity contribution is 0.0687. The lowest BCUT2D eigenvalue weighted by Gasteiger charge is -2.01. The molecule has 1 aromatic rings. The van der Waals surface area contributed by atoms with Crippen molar-refractivity contribution < 1.29 is 19.1 Å². The first-order valence-electron chi connectivity index (χ1n) is 3.35. The maximum Gasteiger partial charge on any atom is 0.339 e. The summed E-state index contributed by atoms with van der Waals surface area (Å²) in [5.41, 5.74) is 3.84. The predicted octanol–water partition coefficient (Wildman–Crippen LogP) is 0.785. The van der Waals surface area contributed by atoms with E-state index in [1.54, 1.807) is 0 Å². The number of rotatable bonds is 2. The first-order chi connectivity index (χ1) is 6.04. The molecule has 14 heavy (non-hydrogen) atoms. The van der Waals surface area contributed by atoms with Gasteiger partial charge >= 0.3 is 5.97 Å². The molecule has 0 aliphatic carbocycles. The summed E-state index contributed by atoms with van der Waals surface area (Å²) in [4.78, 5) is 21.2. The van der Waals surface area contributed by atoms with Crippen LogP contribution in [0.4, 0.5) is 4.39 Å². The van der Waals surface area contributed by atoms with Gasteiger partial charge in [-0.25, -0.2) is 9.18 Å². The van der Waals surface area contributed by atoms with Gasteiger partial charge < -0.3 is 17.0 Å². The fraction of sp³-hybridized carbons (Fsp3) is 0. The van der Waals surface area contributed by atoms with Crippen molar-refractivity contribution in [1.29, 1.82) is 0 Å². The molecule has 0 aliphatic heterocycles. The van der Waals surface area contributed by atoms with Gasteiger partial charge in [0.25, 0.3) is 0 Å². The average molecular weight is 200 g/mol. The summed E-state index contributed by atoms with van der Waals surface area (Å²) in [6.45, 7) is 0. The highest BCUT2D eigenvalue weighted by atomic mass is 19.1. The number of aromatic carboxylic acids is 1. The number of carboxylic acid groups (broad SMARTS) is 1. The van der Waals surface area contributed by atoms with E-state index in [9.17, 15) is 14.0 Å². The Kier molecular flexibility index (Phi) is 3.73. The number of carbonyl (C=O) groups is 2. The molecule has 0 bridgehead atoms. The van der Waals surface area contributed by atoms with Gasteiger partial charge in [0.05, 0.1) is 5.56 Å². The highest BCUT2D eigenvalue weighted by molar-refractivity contribution is 6.04. The summed E-state index contributed by atoms with van der Waals surface area (Å²) < 4.78 is 12.9. The molecule has 0 unspecified atom stereocenters. The lowest BCUT2D eigenvalue weighted by Crippen LogP contribution is -2.17. The Morgan fingerprint density at radius 2 is 1.93 bits per heavy atom. The molecule has 0 aliphatic rings. The highest BCUT2D eigenvalue weighted by Gasteiger charge is 2.18. The molecule has 0 saturated carbocycles. The van der Waals surface area contributed by atoms with Gasteiger partial charge in [-0.15, -0.1) is 0 Å². The van der Waals surface area contributed by atoms with E-state index in [-0.39, 0.29) is 11.7 Å². The number of amides is 1. The predicted molar refractivity (Wildman–Crippen MR) is 46.9 cm³/mol. The number of carboxylic acids is 1. The molecule has 0 aromatic heterocycles. The van der Waals surface area contributed by atoms with E-state index in [0.717, 1.165) is 12.1 Å². The van der Waals surface area contributed by atoms with Crippen LogP contribution >= 0.6 is 0 Å². The molecule has 6 N–H and O–H groups in total. The molecule has 0 spiro atoms.